The Morgan fingerprint density at radius 1 is 1.19 bits per heavy atom. The van der Waals surface area contributed by atoms with Gasteiger partial charge in [0.25, 0.3) is 0 Å². The minimum absolute atomic E-state index is 0.139. The van der Waals surface area contributed by atoms with Crippen LogP contribution < -0.4 is 9.47 Å². The fourth-order valence-corrected chi connectivity index (χ4v) is 1.75. The molecule has 0 saturated carbocycles. The molecule has 0 spiro atoms. The number of aromatic carboxylic acids is 1. The number of rotatable bonds is 5. The largest absolute Gasteiger partial charge is 0.493 e. The summed E-state index contributed by atoms with van der Waals surface area (Å²) in [5.74, 6) is -0.181. The number of carboxylic acids is 1. The SMILES string of the molecule is [C-]#[N+]c1ccc(COc2ccc(C(=O)O)cc2OC)cc1. The van der Waals surface area contributed by atoms with Gasteiger partial charge in [-0.3, -0.25) is 0 Å². The fraction of sp³-hybridized carbons (Fsp3) is 0.125. The molecule has 0 saturated heterocycles. The summed E-state index contributed by atoms with van der Waals surface area (Å²) in [6, 6.07) is 11.5. The molecule has 0 bridgehead atoms. The number of hydrogen-bond acceptors (Lipinski definition) is 3. The van der Waals surface area contributed by atoms with Crippen LogP contribution in [-0.2, 0) is 6.61 Å². The van der Waals surface area contributed by atoms with Crippen molar-refractivity contribution in [1.82, 2.24) is 0 Å². The molecule has 1 N–H and O–H groups in total. The summed E-state index contributed by atoms with van der Waals surface area (Å²) in [5.41, 5.74) is 1.62. The molecule has 2 aromatic carbocycles. The number of carbonyl (C=O) groups is 1. The molecule has 0 aliphatic rings. The maximum atomic E-state index is 10.9. The van der Waals surface area contributed by atoms with E-state index in [-0.39, 0.29) is 5.56 Å². The second-order valence-electron chi connectivity index (χ2n) is 4.24. The molecule has 2 aromatic rings. The van der Waals surface area contributed by atoms with Gasteiger partial charge in [0.1, 0.15) is 6.61 Å². The third-order valence-corrected chi connectivity index (χ3v) is 2.87. The fourth-order valence-electron chi connectivity index (χ4n) is 1.75. The van der Waals surface area contributed by atoms with Gasteiger partial charge >= 0.3 is 5.97 Å². The quantitative estimate of drug-likeness (QED) is 0.853. The molecule has 0 aromatic heterocycles. The highest BCUT2D eigenvalue weighted by molar-refractivity contribution is 5.88. The number of methoxy groups -OCH3 is 1. The van der Waals surface area contributed by atoms with Gasteiger partial charge in [-0.15, -0.1) is 0 Å². The van der Waals surface area contributed by atoms with Gasteiger partial charge < -0.3 is 14.6 Å². The standard InChI is InChI=1S/C16H13NO4/c1-17-13-6-3-11(4-7-13)10-21-14-8-5-12(16(18)19)9-15(14)20-2/h3-9H,10H2,2H3,(H,18,19). The average Bonchev–Trinajstić information content (AvgIpc) is 2.53. The van der Waals surface area contributed by atoms with Crippen molar-refractivity contribution < 1.29 is 19.4 Å². The Labute approximate surface area is 122 Å². The Hall–Kier alpha value is -3.00. The highest BCUT2D eigenvalue weighted by Gasteiger charge is 2.10. The van der Waals surface area contributed by atoms with E-state index in [1.165, 1.54) is 19.2 Å². The van der Waals surface area contributed by atoms with Crippen LogP contribution in [0.15, 0.2) is 42.5 Å². The van der Waals surface area contributed by atoms with Gasteiger partial charge in [0.2, 0.25) is 0 Å². The van der Waals surface area contributed by atoms with E-state index in [0.717, 1.165) is 5.56 Å². The van der Waals surface area contributed by atoms with Crippen LogP contribution in [0.4, 0.5) is 5.69 Å². The van der Waals surface area contributed by atoms with Crippen LogP contribution in [0.2, 0.25) is 0 Å². The van der Waals surface area contributed by atoms with E-state index >= 15 is 0 Å². The van der Waals surface area contributed by atoms with Crippen LogP contribution in [0.25, 0.3) is 4.85 Å². The Morgan fingerprint density at radius 2 is 1.90 bits per heavy atom. The van der Waals surface area contributed by atoms with Crippen LogP contribution in [0.5, 0.6) is 11.5 Å². The van der Waals surface area contributed by atoms with Crippen molar-refractivity contribution in [3.05, 3.63) is 65.0 Å². The maximum Gasteiger partial charge on any atom is 0.335 e. The van der Waals surface area contributed by atoms with E-state index in [1.54, 1.807) is 18.2 Å². The minimum Gasteiger partial charge on any atom is -0.493 e. The summed E-state index contributed by atoms with van der Waals surface area (Å²) in [5, 5.41) is 8.93. The van der Waals surface area contributed by atoms with Crippen LogP contribution in [0.1, 0.15) is 15.9 Å². The molecule has 21 heavy (non-hydrogen) atoms. The number of hydrogen-bond donors (Lipinski definition) is 1. The summed E-state index contributed by atoms with van der Waals surface area (Å²) in [6.45, 7) is 7.19. The van der Waals surface area contributed by atoms with Crippen LogP contribution in [-0.4, -0.2) is 18.2 Å². The molecule has 5 nitrogen and oxygen atoms in total. The van der Waals surface area contributed by atoms with Crippen LogP contribution in [0, 0.1) is 6.57 Å². The summed E-state index contributed by atoms with van der Waals surface area (Å²) >= 11 is 0. The van der Waals surface area contributed by atoms with Crippen LogP contribution >= 0.6 is 0 Å². The number of benzene rings is 2. The molecule has 0 heterocycles. The molecule has 0 unspecified atom stereocenters. The Morgan fingerprint density at radius 3 is 2.48 bits per heavy atom. The highest BCUT2D eigenvalue weighted by Crippen LogP contribution is 2.29. The zero-order valence-electron chi connectivity index (χ0n) is 11.4. The van der Waals surface area contributed by atoms with Gasteiger partial charge in [0.05, 0.1) is 19.2 Å². The van der Waals surface area contributed by atoms with Gasteiger partial charge in [0, 0.05) is 0 Å². The van der Waals surface area contributed by atoms with Crippen LogP contribution in [0.3, 0.4) is 0 Å². The Kier molecular flexibility index (Phi) is 4.42. The molecular weight excluding hydrogens is 270 g/mol. The van der Waals surface area contributed by atoms with Crippen molar-refractivity contribution in [1.29, 1.82) is 0 Å². The van der Waals surface area contributed by atoms with Crippen molar-refractivity contribution in [2.45, 2.75) is 6.61 Å². The van der Waals surface area contributed by atoms with E-state index in [2.05, 4.69) is 4.85 Å². The predicted molar refractivity (Wildman–Crippen MR) is 77.0 cm³/mol. The first-order chi connectivity index (χ1) is 10.1. The summed E-state index contributed by atoms with van der Waals surface area (Å²) in [6.07, 6.45) is 0. The molecule has 0 aliphatic carbocycles. The van der Waals surface area contributed by atoms with Gasteiger partial charge in [0.15, 0.2) is 17.2 Å². The summed E-state index contributed by atoms with van der Waals surface area (Å²) in [4.78, 5) is 14.2. The molecule has 0 atom stereocenters. The molecule has 0 aliphatic heterocycles. The third kappa shape index (κ3) is 3.51. The lowest BCUT2D eigenvalue weighted by Gasteiger charge is -2.11. The Balaban J connectivity index is 2.12. The predicted octanol–water partition coefficient (Wildman–Crippen LogP) is 3.52. The topological polar surface area (TPSA) is 60.1 Å². The Bertz CT molecular complexity index is 686. The first-order valence-electron chi connectivity index (χ1n) is 6.14. The molecule has 5 heteroatoms. The van der Waals surface area contributed by atoms with E-state index in [9.17, 15) is 4.79 Å². The van der Waals surface area contributed by atoms with Gasteiger partial charge in [-0.25, -0.2) is 9.64 Å². The van der Waals surface area contributed by atoms with Crippen molar-refractivity contribution in [2.75, 3.05) is 7.11 Å². The third-order valence-electron chi connectivity index (χ3n) is 2.87. The second-order valence-corrected chi connectivity index (χ2v) is 4.24. The highest BCUT2D eigenvalue weighted by atomic mass is 16.5. The number of ether oxygens (including phenoxy) is 2. The first-order valence-corrected chi connectivity index (χ1v) is 6.14. The van der Waals surface area contributed by atoms with Crippen molar-refractivity contribution >= 4 is 11.7 Å². The lowest BCUT2D eigenvalue weighted by molar-refractivity contribution is 0.0696. The van der Waals surface area contributed by atoms with E-state index in [1.807, 2.05) is 12.1 Å². The van der Waals surface area contributed by atoms with Gasteiger partial charge in [-0.05, 0) is 23.8 Å². The molecule has 0 radical (unpaired) electrons. The monoisotopic (exact) mass is 283 g/mol. The molecule has 0 amide bonds. The normalized spacial score (nSPS) is 9.71. The zero-order chi connectivity index (χ0) is 15.2. The van der Waals surface area contributed by atoms with Gasteiger partial charge in [-0.1, -0.05) is 24.3 Å². The van der Waals surface area contributed by atoms with Crippen molar-refractivity contribution in [3.63, 3.8) is 0 Å². The van der Waals surface area contributed by atoms with E-state index < -0.39 is 5.97 Å². The lowest BCUT2D eigenvalue weighted by Crippen LogP contribution is -2.01. The van der Waals surface area contributed by atoms with Crippen molar-refractivity contribution in [2.24, 2.45) is 0 Å². The first kappa shape index (κ1) is 14.4. The molecule has 106 valence electrons. The number of nitrogens with zero attached hydrogens (tertiary/aromatic N) is 1. The van der Waals surface area contributed by atoms with E-state index in [0.29, 0.717) is 23.8 Å². The molecule has 0 fully saturated rings. The van der Waals surface area contributed by atoms with Gasteiger partial charge in [-0.2, -0.15) is 0 Å². The smallest absolute Gasteiger partial charge is 0.335 e. The molecule has 2 rings (SSSR count). The average molecular weight is 283 g/mol. The molecular formula is C16H13NO4. The zero-order valence-corrected chi connectivity index (χ0v) is 11.4. The summed E-state index contributed by atoms with van der Waals surface area (Å²) < 4.78 is 10.8. The maximum absolute atomic E-state index is 10.9. The minimum atomic E-state index is -1.02. The van der Waals surface area contributed by atoms with E-state index in [4.69, 9.17) is 21.2 Å². The second kappa shape index (κ2) is 6.44. The lowest BCUT2D eigenvalue weighted by atomic mass is 10.2. The van der Waals surface area contributed by atoms with Crippen molar-refractivity contribution in [3.8, 4) is 11.5 Å². The summed E-state index contributed by atoms with van der Waals surface area (Å²) in [7, 11) is 1.46. The number of carboxylic acid groups (broad SMARTS) is 1.